The fraction of sp³-hybridized carbons (Fsp3) is 0.133. The van der Waals surface area contributed by atoms with Crippen molar-refractivity contribution >= 4 is 29.1 Å². The molecule has 0 aliphatic heterocycles. The summed E-state index contributed by atoms with van der Waals surface area (Å²) >= 11 is 7.09. The molecule has 4 heteroatoms. The molecule has 0 radical (unpaired) electrons. The summed E-state index contributed by atoms with van der Waals surface area (Å²) in [5.74, 6) is 0.389. The Labute approximate surface area is 120 Å². The third kappa shape index (κ3) is 4.08. The van der Waals surface area contributed by atoms with Gasteiger partial charge in [-0.3, -0.25) is 4.79 Å². The Bertz CT molecular complexity index is 569. The van der Waals surface area contributed by atoms with Crippen LogP contribution in [0.5, 0.6) is 0 Å². The van der Waals surface area contributed by atoms with Gasteiger partial charge in [-0.2, -0.15) is 0 Å². The lowest BCUT2D eigenvalue weighted by atomic mass is 10.1. The maximum atomic E-state index is 13.0. The van der Waals surface area contributed by atoms with E-state index in [0.29, 0.717) is 11.3 Å². The Kier molecular flexibility index (Phi) is 5.00. The third-order valence-electron chi connectivity index (χ3n) is 2.59. The first-order valence-corrected chi connectivity index (χ1v) is 7.27. The van der Waals surface area contributed by atoms with Crippen molar-refractivity contribution in [3.05, 3.63) is 65.5 Å². The second kappa shape index (κ2) is 6.73. The molecule has 0 atom stereocenters. The number of halogens is 2. The molecule has 2 rings (SSSR count). The summed E-state index contributed by atoms with van der Waals surface area (Å²) in [6, 6.07) is 13.8. The van der Waals surface area contributed by atoms with Gasteiger partial charge in [0.25, 0.3) is 0 Å². The molecule has 0 aliphatic rings. The van der Waals surface area contributed by atoms with Crippen LogP contribution in [-0.2, 0) is 5.75 Å². The molecule has 0 unspecified atom stereocenters. The fourth-order valence-corrected chi connectivity index (χ4v) is 2.60. The largest absolute Gasteiger partial charge is 0.293 e. The molecular formula is C15H12ClFOS. The maximum absolute atomic E-state index is 13.0. The summed E-state index contributed by atoms with van der Waals surface area (Å²) < 4.78 is 13.0. The van der Waals surface area contributed by atoms with Gasteiger partial charge in [-0.15, -0.1) is 23.4 Å². The van der Waals surface area contributed by atoms with Gasteiger partial charge < -0.3 is 0 Å². The molecule has 0 amide bonds. The van der Waals surface area contributed by atoms with Gasteiger partial charge in [-0.1, -0.05) is 24.3 Å². The van der Waals surface area contributed by atoms with E-state index in [-0.39, 0.29) is 17.5 Å². The Morgan fingerprint density at radius 1 is 1.16 bits per heavy atom. The van der Waals surface area contributed by atoms with E-state index in [0.717, 1.165) is 10.5 Å². The van der Waals surface area contributed by atoms with Crippen molar-refractivity contribution in [3.63, 3.8) is 0 Å². The van der Waals surface area contributed by atoms with Crippen LogP contribution in [0.2, 0.25) is 0 Å². The highest BCUT2D eigenvalue weighted by atomic mass is 35.5. The molecule has 19 heavy (non-hydrogen) atoms. The van der Waals surface area contributed by atoms with Gasteiger partial charge in [0, 0.05) is 16.2 Å². The van der Waals surface area contributed by atoms with Gasteiger partial charge in [-0.25, -0.2) is 4.39 Å². The van der Waals surface area contributed by atoms with E-state index in [1.807, 2.05) is 18.2 Å². The minimum atomic E-state index is -0.221. The Balaban J connectivity index is 1.98. The van der Waals surface area contributed by atoms with Crippen LogP contribution in [-0.4, -0.2) is 11.7 Å². The number of benzene rings is 2. The van der Waals surface area contributed by atoms with Crippen molar-refractivity contribution in [2.75, 3.05) is 5.88 Å². The van der Waals surface area contributed by atoms with Crippen molar-refractivity contribution in [2.24, 2.45) is 0 Å². The lowest BCUT2D eigenvalue weighted by Crippen LogP contribution is -1.99. The van der Waals surface area contributed by atoms with E-state index in [1.165, 1.54) is 12.1 Å². The molecule has 2 aromatic rings. The van der Waals surface area contributed by atoms with E-state index < -0.39 is 0 Å². The highest BCUT2D eigenvalue weighted by Crippen LogP contribution is 2.23. The molecule has 0 fully saturated rings. The van der Waals surface area contributed by atoms with Crippen LogP contribution in [0, 0.1) is 5.82 Å². The Morgan fingerprint density at radius 3 is 2.53 bits per heavy atom. The second-order valence-electron chi connectivity index (χ2n) is 4.00. The summed E-state index contributed by atoms with van der Waals surface area (Å²) in [5, 5.41) is 0. The lowest BCUT2D eigenvalue weighted by Gasteiger charge is -2.03. The smallest absolute Gasteiger partial charge is 0.177 e. The van der Waals surface area contributed by atoms with E-state index in [2.05, 4.69) is 0 Å². The maximum Gasteiger partial charge on any atom is 0.177 e. The summed E-state index contributed by atoms with van der Waals surface area (Å²) in [6.45, 7) is 0. The number of carbonyl (C=O) groups excluding carboxylic acids is 1. The summed E-state index contributed by atoms with van der Waals surface area (Å²) in [6.07, 6.45) is 0. The van der Waals surface area contributed by atoms with Gasteiger partial charge in [0.15, 0.2) is 5.78 Å². The molecule has 0 bridgehead atoms. The highest BCUT2D eigenvalue weighted by molar-refractivity contribution is 7.98. The second-order valence-corrected chi connectivity index (χ2v) is 5.32. The third-order valence-corrected chi connectivity index (χ3v) is 3.92. The quantitative estimate of drug-likeness (QED) is 0.457. The SMILES string of the molecule is O=C(CCl)c1ccc(SCc2cccc(F)c2)cc1. The first-order valence-electron chi connectivity index (χ1n) is 5.75. The lowest BCUT2D eigenvalue weighted by molar-refractivity contribution is 0.102. The van der Waals surface area contributed by atoms with E-state index >= 15 is 0 Å². The molecule has 0 heterocycles. The Morgan fingerprint density at radius 2 is 1.89 bits per heavy atom. The monoisotopic (exact) mass is 294 g/mol. The van der Waals surface area contributed by atoms with Crippen LogP contribution >= 0.6 is 23.4 Å². The summed E-state index contributed by atoms with van der Waals surface area (Å²) in [4.78, 5) is 12.4. The molecule has 1 nitrogen and oxygen atoms in total. The van der Waals surface area contributed by atoms with Crippen LogP contribution < -0.4 is 0 Å². The highest BCUT2D eigenvalue weighted by Gasteiger charge is 2.04. The van der Waals surface area contributed by atoms with Crippen LogP contribution in [0.3, 0.4) is 0 Å². The zero-order valence-electron chi connectivity index (χ0n) is 10.1. The molecule has 0 aromatic heterocycles. The van der Waals surface area contributed by atoms with E-state index in [4.69, 9.17) is 11.6 Å². The zero-order chi connectivity index (χ0) is 13.7. The minimum absolute atomic E-state index is 0.00418. The standard InChI is InChI=1S/C15H12ClFOS/c16-9-15(18)12-4-6-14(7-5-12)19-10-11-2-1-3-13(17)8-11/h1-8H,9-10H2. The zero-order valence-corrected chi connectivity index (χ0v) is 11.7. The molecule has 98 valence electrons. The van der Waals surface area contributed by atoms with Crippen molar-refractivity contribution < 1.29 is 9.18 Å². The van der Waals surface area contributed by atoms with Crippen LogP contribution in [0.25, 0.3) is 0 Å². The van der Waals surface area contributed by atoms with Gasteiger partial charge in [0.2, 0.25) is 0 Å². The van der Waals surface area contributed by atoms with Gasteiger partial charge in [-0.05, 0) is 29.8 Å². The summed E-state index contributed by atoms with van der Waals surface area (Å²) in [7, 11) is 0. The van der Waals surface area contributed by atoms with Gasteiger partial charge in [0.05, 0.1) is 5.88 Å². The number of ketones is 1. The van der Waals surface area contributed by atoms with Crippen molar-refractivity contribution in [2.45, 2.75) is 10.6 Å². The average molecular weight is 295 g/mol. The molecule has 0 N–H and O–H groups in total. The molecule has 0 aliphatic carbocycles. The van der Waals surface area contributed by atoms with Crippen LogP contribution in [0.4, 0.5) is 4.39 Å². The molecular weight excluding hydrogens is 283 g/mol. The van der Waals surface area contributed by atoms with Crippen molar-refractivity contribution in [1.29, 1.82) is 0 Å². The van der Waals surface area contributed by atoms with Crippen molar-refractivity contribution in [3.8, 4) is 0 Å². The number of carbonyl (C=O) groups is 1. The minimum Gasteiger partial charge on any atom is -0.293 e. The predicted molar refractivity (Wildman–Crippen MR) is 77.5 cm³/mol. The number of alkyl halides is 1. The normalized spacial score (nSPS) is 10.4. The molecule has 0 saturated heterocycles. The average Bonchev–Trinajstić information content (AvgIpc) is 2.45. The fourth-order valence-electron chi connectivity index (χ4n) is 1.61. The number of Topliss-reactive ketones (excluding diaryl/α,β-unsaturated/α-hetero) is 1. The Hall–Kier alpha value is -1.32. The van der Waals surface area contributed by atoms with Gasteiger partial charge in [0.1, 0.15) is 5.82 Å². The number of rotatable bonds is 5. The van der Waals surface area contributed by atoms with E-state index in [9.17, 15) is 9.18 Å². The first-order chi connectivity index (χ1) is 9.19. The van der Waals surface area contributed by atoms with Gasteiger partial charge >= 0.3 is 0 Å². The predicted octanol–water partition coefficient (Wildman–Crippen LogP) is 4.54. The van der Waals surface area contributed by atoms with Crippen LogP contribution in [0.1, 0.15) is 15.9 Å². The van der Waals surface area contributed by atoms with E-state index in [1.54, 1.807) is 30.0 Å². The number of thioether (sulfide) groups is 1. The topological polar surface area (TPSA) is 17.1 Å². The summed E-state index contributed by atoms with van der Waals surface area (Å²) in [5.41, 5.74) is 1.55. The molecule has 0 saturated carbocycles. The molecule has 2 aromatic carbocycles. The van der Waals surface area contributed by atoms with Crippen molar-refractivity contribution in [1.82, 2.24) is 0 Å². The molecule has 0 spiro atoms. The number of hydrogen-bond acceptors (Lipinski definition) is 2. The first kappa shape index (κ1) is 14.1. The number of hydrogen-bond donors (Lipinski definition) is 0. The van der Waals surface area contributed by atoms with Crippen LogP contribution in [0.15, 0.2) is 53.4 Å².